The summed E-state index contributed by atoms with van der Waals surface area (Å²) >= 11 is 0. The molecule has 0 fully saturated rings. The van der Waals surface area contributed by atoms with Crippen molar-refractivity contribution in [2.75, 3.05) is 0 Å². The Hall–Kier alpha value is -2.04. The first-order valence-electron chi connectivity index (χ1n) is 7.16. The smallest absolute Gasteiger partial charge is 0.155 e. The monoisotopic (exact) mass is 289 g/mol. The highest BCUT2D eigenvalue weighted by molar-refractivity contribution is 5.93. The molecule has 1 aromatic rings. The molecule has 0 unspecified atom stereocenters. The van der Waals surface area contributed by atoms with Crippen LogP contribution < -0.4 is 0 Å². The molecule has 5 nitrogen and oxygen atoms in total. The van der Waals surface area contributed by atoms with Gasteiger partial charge in [0, 0.05) is 13.0 Å². The fourth-order valence-corrected chi connectivity index (χ4v) is 1.69. The number of hydrogen-bond donors (Lipinski definition) is 0. The normalized spacial score (nSPS) is 12.6. The highest BCUT2D eigenvalue weighted by atomic mass is 16.1. The van der Waals surface area contributed by atoms with E-state index in [-0.39, 0.29) is 11.6 Å². The average Bonchev–Trinajstić information content (AvgIpc) is 2.89. The van der Waals surface area contributed by atoms with Crippen LogP contribution in [-0.2, 0) is 16.1 Å². The number of ketones is 2. The number of allylic oxidation sites excluding steroid dienone is 4. The molecule has 0 radical (unpaired) electrons. The minimum Gasteiger partial charge on any atom is -0.300 e. The molecule has 1 rings (SSSR count). The molecule has 0 bridgehead atoms. The summed E-state index contributed by atoms with van der Waals surface area (Å²) in [5.74, 6) is 0.286. The zero-order chi connectivity index (χ0) is 15.8. The van der Waals surface area contributed by atoms with Gasteiger partial charge in [0.25, 0.3) is 0 Å². The van der Waals surface area contributed by atoms with E-state index in [1.54, 1.807) is 31.5 Å². The van der Waals surface area contributed by atoms with Crippen molar-refractivity contribution in [1.29, 1.82) is 0 Å². The standard InChI is InChI=1S/C16H23N3O2/c1-12(15(4)21)8-9-13(2)16-11-19(18-17-16)10-6-5-7-14(3)20/h8-9,11H,5-7,10H2,1-4H3/b12-8+,13-9+. The van der Waals surface area contributed by atoms with Gasteiger partial charge in [0.1, 0.15) is 11.5 Å². The lowest BCUT2D eigenvalue weighted by molar-refractivity contribution is -0.117. The Morgan fingerprint density at radius 1 is 1.14 bits per heavy atom. The predicted octanol–water partition coefficient (Wildman–Crippen LogP) is 2.98. The molecule has 0 aromatic carbocycles. The number of Topliss-reactive ketones (excluding diaryl/α,β-unsaturated/α-hetero) is 2. The van der Waals surface area contributed by atoms with E-state index in [1.807, 2.05) is 19.2 Å². The van der Waals surface area contributed by atoms with E-state index >= 15 is 0 Å². The highest BCUT2D eigenvalue weighted by Crippen LogP contribution is 2.11. The summed E-state index contributed by atoms with van der Waals surface area (Å²) in [6, 6.07) is 0. The van der Waals surface area contributed by atoms with E-state index in [2.05, 4.69) is 10.3 Å². The van der Waals surface area contributed by atoms with Crippen molar-refractivity contribution in [3.63, 3.8) is 0 Å². The van der Waals surface area contributed by atoms with Crippen LogP contribution in [-0.4, -0.2) is 26.6 Å². The molecule has 0 N–H and O–H groups in total. The van der Waals surface area contributed by atoms with Crippen molar-refractivity contribution < 1.29 is 9.59 Å². The zero-order valence-electron chi connectivity index (χ0n) is 13.2. The van der Waals surface area contributed by atoms with Crippen LogP contribution in [0.3, 0.4) is 0 Å². The molecule has 0 atom stereocenters. The molecule has 1 heterocycles. The zero-order valence-corrected chi connectivity index (χ0v) is 13.2. The second kappa shape index (κ2) is 8.29. The molecule has 0 aliphatic carbocycles. The number of carbonyl (C=O) groups excluding carboxylic acids is 2. The van der Waals surface area contributed by atoms with Crippen LogP contribution in [0.1, 0.15) is 52.7 Å². The molecular weight excluding hydrogens is 266 g/mol. The van der Waals surface area contributed by atoms with Gasteiger partial charge in [-0.15, -0.1) is 5.10 Å². The van der Waals surface area contributed by atoms with Crippen molar-refractivity contribution >= 4 is 17.1 Å². The lowest BCUT2D eigenvalue weighted by Crippen LogP contribution is -2.00. The van der Waals surface area contributed by atoms with Crippen molar-refractivity contribution in [1.82, 2.24) is 15.0 Å². The molecule has 0 saturated carbocycles. The number of aryl methyl sites for hydroxylation is 1. The van der Waals surface area contributed by atoms with E-state index in [0.29, 0.717) is 12.0 Å². The maximum absolute atomic E-state index is 11.1. The number of carbonyl (C=O) groups is 2. The van der Waals surface area contributed by atoms with Gasteiger partial charge in [0.15, 0.2) is 5.78 Å². The second-order valence-electron chi connectivity index (χ2n) is 5.28. The molecule has 0 spiro atoms. The Balaban J connectivity index is 2.58. The highest BCUT2D eigenvalue weighted by Gasteiger charge is 2.03. The van der Waals surface area contributed by atoms with Crippen molar-refractivity contribution in [2.45, 2.75) is 53.5 Å². The van der Waals surface area contributed by atoms with Gasteiger partial charge in [0.05, 0.1) is 6.20 Å². The van der Waals surface area contributed by atoms with Gasteiger partial charge in [-0.2, -0.15) is 0 Å². The molecule has 0 aliphatic rings. The Morgan fingerprint density at radius 3 is 2.48 bits per heavy atom. The maximum Gasteiger partial charge on any atom is 0.155 e. The van der Waals surface area contributed by atoms with E-state index < -0.39 is 0 Å². The predicted molar refractivity (Wildman–Crippen MR) is 82.6 cm³/mol. The van der Waals surface area contributed by atoms with Crippen molar-refractivity contribution in [2.24, 2.45) is 0 Å². The molecule has 0 aliphatic heterocycles. The minimum absolute atomic E-state index is 0.0631. The Morgan fingerprint density at radius 2 is 1.86 bits per heavy atom. The Kier molecular flexibility index (Phi) is 6.72. The first-order valence-corrected chi connectivity index (χ1v) is 7.16. The van der Waals surface area contributed by atoms with E-state index in [4.69, 9.17) is 0 Å². The van der Waals surface area contributed by atoms with Gasteiger partial charge in [-0.3, -0.25) is 9.48 Å². The maximum atomic E-state index is 11.1. The van der Waals surface area contributed by atoms with Crippen LogP contribution in [0.2, 0.25) is 0 Å². The summed E-state index contributed by atoms with van der Waals surface area (Å²) < 4.78 is 1.79. The van der Waals surface area contributed by atoms with Crippen LogP contribution in [0.15, 0.2) is 23.9 Å². The second-order valence-corrected chi connectivity index (χ2v) is 5.28. The van der Waals surface area contributed by atoms with Gasteiger partial charge in [0.2, 0.25) is 0 Å². The fourth-order valence-electron chi connectivity index (χ4n) is 1.69. The lowest BCUT2D eigenvalue weighted by atomic mass is 10.1. The number of unbranched alkanes of at least 4 members (excludes halogenated alkanes) is 1. The number of nitrogens with zero attached hydrogens (tertiary/aromatic N) is 3. The van der Waals surface area contributed by atoms with Crippen LogP contribution in [0.25, 0.3) is 5.57 Å². The lowest BCUT2D eigenvalue weighted by Gasteiger charge is -1.98. The van der Waals surface area contributed by atoms with Crippen LogP contribution in [0.5, 0.6) is 0 Å². The first kappa shape index (κ1) is 17.0. The van der Waals surface area contributed by atoms with Gasteiger partial charge >= 0.3 is 0 Å². The van der Waals surface area contributed by atoms with Gasteiger partial charge < -0.3 is 4.79 Å². The van der Waals surface area contributed by atoms with Gasteiger partial charge in [-0.1, -0.05) is 17.4 Å². The summed E-state index contributed by atoms with van der Waals surface area (Å²) in [7, 11) is 0. The molecule has 0 saturated heterocycles. The van der Waals surface area contributed by atoms with E-state index in [9.17, 15) is 9.59 Å². The molecule has 114 valence electrons. The summed E-state index contributed by atoms with van der Waals surface area (Å²) in [6.45, 7) is 7.65. The van der Waals surface area contributed by atoms with Crippen LogP contribution >= 0.6 is 0 Å². The van der Waals surface area contributed by atoms with E-state index in [0.717, 1.165) is 30.7 Å². The Labute approximate surface area is 125 Å². The third kappa shape index (κ3) is 6.29. The topological polar surface area (TPSA) is 64.8 Å². The molecule has 21 heavy (non-hydrogen) atoms. The third-order valence-corrected chi connectivity index (χ3v) is 3.25. The number of aromatic nitrogens is 3. The summed E-state index contributed by atoms with van der Waals surface area (Å²) in [5.41, 5.74) is 2.48. The van der Waals surface area contributed by atoms with Crippen LogP contribution in [0.4, 0.5) is 0 Å². The largest absolute Gasteiger partial charge is 0.300 e. The van der Waals surface area contributed by atoms with Gasteiger partial charge in [-0.05, 0) is 51.7 Å². The van der Waals surface area contributed by atoms with E-state index in [1.165, 1.54) is 0 Å². The van der Waals surface area contributed by atoms with Crippen LogP contribution in [0, 0.1) is 0 Å². The fraction of sp³-hybridized carbons (Fsp3) is 0.500. The quantitative estimate of drug-likeness (QED) is 0.419. The first-order chi connectivity index (χ1) is 9.90. The average molecular weight is 289 g/mol. The summed E-state index contributed by atoms with van der Waals surface area (Å²) in [6.07, 6.45) is 7.96. The third-order valence-electron chi connectivity index (χ3n) is 3.25. The molecule has 1 aromatic heterocycles. The molecular formula is C16H23N3O2. The molecule has 5 heteroatoms. The molecule has 0 amide bonds. The number of rotatable bonds is 8. The summed E-state index contributed by atoms with van der Waals surface area (Å²) in [4.78, 5) is 22.0. The Bertz CT molecular complexity index is 568. The SMILES string of the molecule is CC(=O)CCCCn1cc(/C(C)=C/C=C(\C)C(C)=O)nn1. The minimum atomic E-state index is 0.0631. The summed E-state index contributed by atoms with van der Waals surface area (Å²) in [5, 5.41) is 8.19. The number of hydrogen-bond acceptors (Lipinski definition) is 4. The van der Waals surface area contributed by atoms with Gasteiger partial charge in [-0.25, -0.2) is 0 Å². The van der Waals surface area contributed by atoms with Crippen molar-refractivity contribution in [3.8, 4) is 0 Å². The van der Waals surface area contributed by atoms with Crippen molar-refractivity contribution in [3.05, 3.63) is 29.6 Å².